The molecule has 6 heteroatoms. The van der Waals surface area contributed by atoms with Gasteiger partial charge in [0, 0.05) is 37.3 Å². The van der Waals surface area contributed by atoms with Crippen molar-refractivity contribution in [2.75, 3.05) is 33.3 Å². The lowest BCUT2D eigenvalue weighted by Gasteiger charge is -2.32. The monoisotopic (exact) mass is 305 g/mol. The summed E-state index contributed by atoms with van der Waals surface area (Å²) in [5.74, 6) is -0.0646. The highest BCUT2D eigenvalue weighted by atomic mass is 32.1. The van der Waals surface area contributed by atoms with Crippen LogP contribution in [0.3, 0.4) is 0 Å². The normalized spacial score (nSPS) is 19.8. The number of ether oxygens (including phenoxy) is 1. The summed E-state index contributed by atoms with van der Waals surface area (Å²) in [5, 5.41) is 3.75. The van der Waals surface area contributed by atoms with Crippen molar-refractivity contribution in [1.82, 2.24) is 15.2 Å². The zero-order chi connectivity index (χ0) is 14.8. The number of nitrogens with one attached hydrogen (secondary N) is 1. The summed E-state index contributed by atoms with van der Waals surface area (Å²) in [6, 6.07) is 3.93. The van der Waals surface area contributed by atoms with E-state index < -0.39 is 0 Å². The molecule has 2 aromatic heterocycles. The number of morpholine rings is 1. The van der Waals surface area contributed by atoms with Crippen molar-refractivity contribution in [3.8, 4) is 0 Å². The van der Waals surface area contributed by atoms with Crippen LogP contribution in [0, 0.1) is 0 Å². The smallest absolute Gasteiger partial charge is 0.261 e. The van der Waals surface area contributed by atoms with Crippen LogP contribution in [0.4, 0.5) is 0 Å². The molecule has 3 rings (SSSR count). The third-order valence-electron chi connectivity index (χ3n) is 3.86. The number of pyridine rings is 1. The molecular formula is C15H19N3O2S. The number of hydrogen-bond acceptors (Lipinski definition) is 5. The first-order valence-electron chi connectivity index (χ1n) is 7.18. The molecule has 1 N–H and O–H groups in total. The van der Waals surface area contributed by atoms with Crippen LogP contribution in [0.1, 0.15) is 28.3 Å². The molecule has 0 aromatic carbocycles. The van der Waals surface area contributed by atoms with Crippen molar-refractivity contribution in [1.29, 1.82) is 0 Å². The van der Waals surface area contributed by atoms with E-state index in [2.05, 4.69) is 22.1 Å². The molecule has 0 bridgehead atoms. The molecule has 1 saturated heterocycles. The van der Waals surface area contributed by atoms with Crippen LogP contribution in [0.2, 0.25) is 0 Å². The summed E-state index contributed by atoms with van der Waals surface area (Å²) in [5.41, 5.74) is 0.987. The summed E-state index contributed by atoms with van der Waals surface area (Å²) < 4.78 is 5.96. The second-order valence-electron chi connectivity index (χ2n) is 5.03. The molecule has 0 spiro atoms. The van der Waals surface area contributed by atoms with Crippen molar-refractivity contribution in [3.05, 3.63) is 28.8 Å². The van der Waals surface area contributed by atoms with Gasteiger partial charge in [-0.2, -0.15) is 0 Å². The molecule has 1 atom stereocenters. The Morgan fingerprint density at radius 1 is 1.62 bits per heavy atom. The second kappa shape index (κ2) is 6.09. The fourth-order valence-electron chi connectivity index (χ4n) is 2.72. The van der Waals surface area contributed by atoms with Crippen LogP contribution in [-0.4, -0.2) is 49.1 Å². The van der Waals surface area contributed by atoms with Gasteiger partial charge in [0.05, 0.1) is 12.7 Å². The van der Waals surface area contributed by atoms with E-state index in [1.807, 2.05) is 12.1 Å². The summed E-state index contributed by atoms with van der Waals surface area (Å²) in [4.78, 5) is 20.5. The number of hydrogen-bond donors (Lipinski definition) is 1. The average Bonchev–Trinajstić information content (AvgIpc) is 2.93. The van der Waals surface area contributed by atoms with Crippen LogP contribution in [-0.2, 0) is 4.74 Å². The number of likely N-dealkylation sites (N-methyl/N-ethyl adjacent to an activating group) is 1. The average molecular weight is 305 g/mol. The maximum absolute atomic E-state index is 12.2. The van der Waals surface area contributed by atoms with E-state index in [-0.39, 0.29) is 12.0 Å². The number of fused-ring (bicyclic) bond motifs is 1. The van der Waals surface area contributed by atoms with Crippen LogP contribution in [0.25, 0.3) is 10.2 Å². The van der Waals surface area contributed by atoms with E-state index in [1.54, 1.807) is 13.2 Å². The predicted octanol–water partition coefficient (Wildman–Crippen LogP) is 2.05. The van der Waals surface area contributed by atoms with E-state index in [4.69, 9.17) is 4.74 Å². The SMILES string of the molecule is CCN1CCO[C@H](c2c(C(=O)NC)sc3ncccc23)C1. The topological polar surface area (TPSA) is 54.5 Å². The molecule has 1 aliphatic rings. The third kappa shape index (κ3) is 2.66. The largest absolute Gasteiger partial charge is 0.371 e. The maximum atomic E-state index is 12.2. The van der Waals surface area contributed by atoms with Gasteiger partial charge in [-0.15, -0.1) is 11.3 Å². The van der Waals surface area contributed by atoms with E-state index >= 15 is 0 Å². The molecular weight excluding hydrogens is 286 g/mol. The standard InChI is InChI=1S/C15H19N3O2S/c1-3-18-7-8-20-11(9-18)12-10-5-4-6-17-15(10)21-13(12)14(19)16-2/h4-6,11H,3,7-9H2,1-2H3,(H,16,19)/t11-/m0/s1. The summed E-state index contributed by atoms with van der Waals surface area (Å²) >= 11 is 1.44. The fourth-order valence-corrected chi connectivity index (χ4v) is 3.86. The number of aromatic nitrogens is 1. The van der Waals surface area contributed by atoms with Crippen molar-refractivity contribution < 1.29 is 9.53 Å². The van der Waals surface area contributed by atoms with Crippen LogP contribution < -0.4 is 5.32 Å². The minimum absolute atomic E-state index is 0.0646. The highest BCUT2D eigenvalue weighted by Gasteiger charge is 2.29. The Hall–Kier alpha value is -1.50. The Morgan fingerprint density at radius 3 is 3.24 bits per heavy atom. The van der Waals surface area contributed by atoms with Crippen molar-refractivity contribution >= 4 is 27.5 Å². The quantitative estimate of drug-likeness (QED) is 0.943. The van der Waals surface area contributed by atoms with Gasteiger partial charge >= 0.3 is 0 Å². The van der Waals surface area contributed by atoms with Gasteiger partial charge in [-0.05, 0) is 12.6 Å². The van der Waals surface area contributed by atoms with Crippen molar-refractivity contribution in [2.45, 2.75) is 13.0 Å². The van der Waals surface area contributed by atoms with Crippen LogP contribution in [0.15, 0.2) is 18.3 Å². The Morgan fingerprint density at radius 2 is 2.48 bits per heavy atom. The van der Waals surface area contributed by atoms with E-state index in [1.165, 1.54) is 11.3 Å². The zero-order valence-electron chi connectivity index (χ0n) is 12.3. The van der Waals surface area contributed by atoms with Crippen molar-refractivity contribution in [3.63, 3.8) is 0 Å². The van der Waals surface area contributed by atoms with Gasteiger partial charge in [0.1, 0.15) is 9.71 Å². The Kier molecular flexibility index (Phi) is 4.19. The summed E-state index contributed by atoms with van der Waals surface area (Å²) in [6.45, 7) is 5.61. The zero-order valence-corrected chi connectivity index (χ0v) is 13.1. The van der Waals surface area contributed by atoms with E-state index in [9.17, 15) is 4.79 Å². The number of rotatable bonds is 3. The summed E-state index contributed by atoms with van der Waals surface area (Å²) in [6.07, 6.45) is 1.69. The Labute approximate surface area is 127 Å². The number of nitrogens with zero attached hydrogens (tertiary/aromatic N) is 2. The molecule has 0 unspecified atom stereocenters. The number of carbonyl (C=O) groups is 1. The lowest BCUT2D eigenvalue weighted by atomic mass is 10.0. The first-order valence-corrected chi connectivity index (χ1v) is 7.99. The molecule has 1 aliphatic heterocycles. The maximum Gasteiger partial charge on any atom is 0.261 e. The minimum Gasteiger partial charge on any atom is -0.371 e. The number of carbonyl (C=O) groups excluding carboxylic acids is 1. The van der Waals surface area contributed by atoms with Gasteiger partial charge in [0.25, 0.3) is 5.91 Å². The van der Waals surface area contributed by atoms with Gasteiger partial charge in [0.15, 0.2) is 0 Å². The van der Waals surface area contributed by atoms with Crippen molar-refractivity contribution in [2.24, 2.45) is 0 Å². The minimum atomic E-state index is -0.0658. The molecule has 21 heavy (non-hydrogen) atoms. The van der Waals surface area contributed by atoms with Crippen LogP contribution >= 0.6 is 11.3 Å². The Balaban J connectivity index is 2.08. The molecule has 1 amide bonds. The lowest BCUT2D eigenvalue weighted by Crippen LogP contribution is -2.38. The number of amides is 1. The third-order valence-corrected chi connectivity index (χ3v) is 4.99. The van der Waals surface area contributed by atoms with E-state index in [0.29, 0.717) is 11.5 Å². The predicted molar refractivity (Wildman–Crippen MR) is 83.8 cm³/mol. The Bertz CT molecular complexity index is 655. The number of thiophene rings is 1. The molecule has 0 aliphatic carbocycles. The molecule has 3 heterocycles. The van der Waals surface area contributed by atoms with Gasteiger partial charge < -0.3 is 10.1 Å². The molecule has 112 valence electrons. The highest BCUT2D eigenvalue weighted by Crippen LogP contribution is 2.37. The summed E-state index contributed by atoms with van der Waals surface area (Å²) in [7, 11) is 1.66. The van der Waals surface area contributed by atoms with Crippen LogP contribution in [0.5, 0.6) is 0 Å². The molecule has 0 radical (unpaired) electrons. The first kappa shape index (κ1) is 14.4. The fraction of sp³-hybridized carbons (Fsp3) is 0.467. The first-order chi connectivity index (χ1) is 10.2. The molecule has 0 saturated carbocycles. The highest BCUT2D eigenvalue weighted by molar-refractivity contribution is 7.20. The van der Waals surface area contributed by atoms with E-state index in [0.717, 1.165) is 35.4 Å². The molecule has 5 nitrogen and oxygen atoms in total. The second-order valence-corrected chi connectivity index (χ2v) is 6.03. The van der Waals surface area contributed by atoms with Gasteiger partial charge in [-0.1, -0.05) is 13.0 Å². The van der Waals surface area contributed by atoms with Gasteiger partial charge in [0.2, 0.25) is 0 Å². The van der Waals surface area contributed by atoms with Gasteiger partial charge in [-0.3, -0.25) is 9.69 Å². The van der Waals surface area contributed by atoms with Gasteiger partial charge in [-0.25, -0.2) is 4.98 Å². The molecule has 1 fully saturated rings. The lowest BCUT2D eigenvalue weighted by molar-refractivity contribution is -0.0275. The molecule has 2 aromatic rings.